The number of rotatable bonds is 2. The number of hydrogen-bond donors (Lipinski definition) is 0. The van der Waals surface area contributed by atoms with Crippen molar-refractivity contribution in [1.29, 1.82) is 0 Å². The molecule has 0 fully saturated rings. The molecule has 66 valence electrons. The summed E-state index contributed by atoms with van der Waals surface area (Å²) in [6.07, 6.45) is 2.11. The van der Waals surface area contributed by atoms with E-state index in [1.54, 1.807) is 0 Å². The molecule has 1 aromatic rings. The average Bonchev–Trinajstić information content (AvgIpc) is 1.91. The lowest BCUT2D eigenvalue weighted by atomic mass is 10.4. The Morgan fingerprint density at radius 2 is 2.17 bits per heavy atom. The van der Waals surface area contributed by atoms with E-state index in [1.165, 1.54) is 12.1 Å². The van der Waals surface area contributed by atoms with Crippen LogP contribution in [-0.2, 0) is 15.6 Å². The van der Waals surface area contributed by atoms with E-state index in [9.17, 15) is 12.8 Å². The van der Waals surface area contributed by atoms with Crippen LogP contribution < -0.4 is 0 Å². The van der Waals surface area contributed by atoms with Gasteiger partial charge in [0.05, 0.1) is 17.6 Å². The fourth-order valence-electron chi connectivity index (χ4n) is 0.760. The first kappa shape index (κ1) is 9.12. The third-order valence-electron chi connectivity index (χ3n) is 1.20. The van der Waals surface area contributed by atoms with Crippen LogP contribution in [0.3, 0.4) is 0 Å². The summed E-state index contributed by atoms with van der Waals surface area (Å²) in [6, 6.07) is 2.55. The first-order valence-corrected chi connectivity index (χ1v) is 5.31. The van der Waals surface area contributed by atoms with Crippen LogP contribution in [-0.4, -0.2) is 19.7 Å². The summed E-state index contributed by atoms with van der Waals surface area (Å²) in [4.78, 5) is 3.61. The van der Waals surface area contributed by atoms with E-state index < -0.39 is 15.7 Å². The highest BCUT2D eigenvalue weighted by Gasteiger charge is 2.04. The lowest BCUT2D eigenvalue weighted by Crippen LogP contribution is -2.02. The Hall–Kier alpha value is -0.970. The molecular formula is C7H8FNO2S. The molecule has 5 heteroatoms. The molecule has 1 heterocycles. The molecule has 1 rings (SSSR count). The smallest absolute Gasteiger partial charge is 0.153 e. The van der Waals surface area contributed by atoms with E-state index in [-0.39, 0.29) is 5.75 Å². The Balaban J connectivity index is 2.85. The Bertz CT molecular complexity index is 357. The van der Waals surface area contributed by atoms with Gasteiger partial charge in [0.15, 0.2) is 9.84 Å². The molecule has 12 heavy (non-hydrogen) atoms. The van der Waals surface area contributed by atoms with Gasteiger partial charge < -0.3 is 0 Å². The molecule has 0 unspecified atom stereocenters. The van der Waals surface area contributed by atoms with Crippen molar-refractivity contribution in [2.24, 2.45) is 0 Å². The normalized spacial score (nSPS) is 11.5. The van der Waals surface area contributed by atoms with E-state index in [0.717, 1.165) is 12.5 Å². The zero-order valence-corrected chi connectivity index (χ0v) is 7.31. The summed E-state index contributed by atoms with van der Waals surface area (Å²) in [5.41, 5.74) is 0.360. The zero-order valence-electron chi connectivity index (χ0n) is 6.49. The first-order chi connectivity index (χ1) is 5.47. The second-order valence-corrected chi connectivity index (χ2v) is 4.68. The van der Waals surface area contributed by atoms with E-state index >= 15 is 0 Å². The Kier molecular flexibility index (Phi) is 2.42. The minimum atomic E-state index is -3.07. The highest BCUT2D eigenvalue weighted by molar-refractivity contribution is 7.89. The molecule has 1 aromatic heterocycles. The van der Waals surface area contributed by atoms with Crippen molar-refractivity contribution >= 4 is 9.84 Å². The maximum Gasteiger partial charge on any atom is 0.153 e. The van der Waals surface area contributed by atoms with Gasteiger partial charge in [-0.25, -0.2) is 12.8 Å². The van der Waals surface area contributed by atoms with Gasteiger partial charge in [-0.1, -0.05) is 0 Å². The first-order valence-electron chi connectivity index (χ1n) is 3.25. The van der Waals surface area contributed by atoms with Crippen molar-refractivity contribution in [2.45, 2.75) is 5.75 Å². The van der Waals surface area contributed by atoms with Crippen LogP contribution in [0.2, 0.25) is 0 Å². The summed E-state index contributed by atoms with van der Waals surface area (Å²) in [7, 11) is -3.07. The quantitative estimate of drug-likeness (QED) is 0.690. The van der Waals surface area contributed by atoms with Crippen molar-refractivity contribution in [3.8, 4) is 0 Å². The molecular weight excluding hydrogens is 181 g/mol. The summed E-state index contributed by atoms with van der Waals surface area (Å²) in [5.74, 6) is -0.611. The van der Waals surface area contributed by atoms with Gasteiger partial charge >= 0.3 is 0 Å². The maximum absolute atomic E-state index is 12.3. The van der Waals surface area contributed by atoms with Gasteiger partial charge in [-0.2, -0.15) is 0 Å². The summed E-state index contributed by atoms with van der Waals surface area (Å²) >= 11 is 0. The van der Waals surface area contributed by atoms with Gasteiger partial charge in [-0.3, -0.25) is 4.98 Å². The molecule has 0 saturated carbocycles. The third-order valence-corrected chi connectivity index (χ3v) is 2.02. The number of nitrogens with zero attached hydrogens (tertiary/aromatic N) is 1. The Morgan fingerprint density at radius 3 is 2.58 bits per heavy atom. The standard InChI is InChI=1S/C7H8FNO2S/c1-12(10,11)5-7-3-2-6(8)4-9-7/h2-4H,5H2,1H3. The van der Waals surface area contributed by atoms with E-state index in [4.69, 9.17) is 0 Å². The van der Waals surface area contributed by atoms with Gasteiger partial charge in [0.25, 0.3) is 0 Å². The summed E-state index contributed by atoms with van der Waals surface area (Å²) < 4.78 is 33.8. The van der Waals surface area contributed by atoms with Crippen molar-refractivity contribution < 1.29 is 12.8 Å². The Labute approximate surface area is 70.2 Å². The average molecular weight is 189 g/mol. The highest BCUT2D eigenvalue weighted by atomic mass is 32.2. The molecule has 0 amide bonds. The van der Waals surface area contributed by atoms with Crippen molar-refractivity contribution in [3.63, 3.8) is 0 Å². The van der Waals surface area contributed by atoms with Crippen molar-refractivity contribution in [2.75, 3.05) is 6.26 Å². The molecule has 0 atom stereocenters. The predicted octanol–water partition coefficient (Wildman–Crippen LogP) is 0.765. The number of halogens is 1. The van der Waals surface area contributed by atoms with Crippen LogP contribution in [0.4, 0.5) is 4.39 Å². The minimum Gasteiger partial charge on any atom is -0.257 e. The van der Waals surface area contributed by atoms with Crippen LogP contribution in [0.15, 0.2) is 18.3 Å². The summed E-state index contributed by atoms with van der Waals surface area (Å²) in [5, 5.41) is 0. The van der Waals surface area contributed by atoms with Gasteiger partial charge in [-0.05, 0) is 12.1 Å². The van der Waals surface area contributed by atoms with Crippen LogP contribution >= 0.6 is 0 Å². The largest absolute Gasteiger partial charge is 0.257 e. The molecule has 0 bridgehead atoms. The minimum absolute atomic E-state index is 0.146. The maximum atomic E-state index is 12.3. The molecule has 0 aliphatic rings. The van der Waals surface area contributed by atoms with E-state index in [1.807, 2.05) is 0 Å². The van der Waals surface area contributed by atoms with E-state index in [2.05, 4.69) is 4.98 Å². The number of pyridine rings is 1. The highest BCUT2D eigenvalue weighted by Crippen LogP contribution is 2.02. The molecule has 0 aliphatic heterocycles. The predicted molar refractivity (Wildman–Crippen MR) is 42.7 cm³/mol. The molecule has 0 aromatic carbocycles. The number of aromatic nitrogens is 1. The van der Waals surface area contributed by atoms with Gasteiger partial charge in [0, 0.05) is 6.26 Å². The SMILES string of the molecule is CS(=O)(=O)Cc1ccc(F)cn1. The lowest BCUT2D eigenvalue weighted by Gasteiger charge is -1.96. The molecule has 0 spiro atoms. The van der Waals surface area contributed by atoms with Gasteiger partial charge in [-0.15, -0.1) is 0 Å². The molecule has 0 aliphatic carbocycles. The molecule has 0 saturated heterocycles. The van der Waals surface area contributed by atoms with Crippen molar-refractivity contribution in [3.05, 3.63) is 29.8 Å². The molecule has 0 radical (unpaired) electrons. The number of hydrogen-bond acceptors (Lipinski definition) is 3. The summed E-state index contributed by atoms with van der Waals surface area (Å²) in [6.45, 7) is 0. The van der Waals surface area contributed by atoms with Crippen LogP contribution in [0.5, 0.6) is 0 Å². The second-order valence-electron chi connectivity index (χ2n) is 2.54. The monoisotopic (exact) mass is 189 g/mol. The molecule has 0 N–H and O–H groups in total. The van der Waals surface area contributed by atoms with Crippen LogP contribution in [0.1, 0.15) is 5.69 Å². The second kappa shape index (κ2) is 3.18. The fourth-order valence-corrected chi connectivity index (χ4v) is 1.47. The van der Waals surface area contributed by atoms with Crippen LogP contribution in [0.25, 0.3) is 0 Å². The zero-order chi connectivity index (χ0) is 9.19. The number of sulfone groups is 1. The third kappa shape index (κ3) is 2.96. The van der Waals surface area contributed by atoms with Gasteiger partial charge in [0.1, 0.15) is 5.82 Å². The topological polar surface area (TPSA) is 47.0 Å². The van der Waals surface area contributed by atoms with Crippen molar-refractivity contribution in [1.82, 2.24) is 4.98 Å². The van der Waals surface area contributed by atoms with Gasteiger partial charge in [0.2, 0.25) is 0 Å². The van der Waals surface area contributed by atoms with E-state index in [0.29, 0.717) is 5.69 Å². The fraction of sp³-hybridized carbons (Fsp3) is 0.286. The molecule has 3 nitrogen and oxygen atoms in total. The lowest BCUT2D eigenvalue weighted by molar-refractivity contribution is 0.599. The Morgan fingerprint density at radius 1 is 1.50 bits per heavy atom. The van der Waals surface area contributed by atoms with Crippen LogP contribution in [0, 0.1) is 5.82 Å².